The van der Waals surface area contributed by atoms with Crippen molar-refractivity contribution >= 4 is 29.2 Å². The van der Waals surface area contributed by atoms with E-state index in [1.807, 2.05) is 22.4 Å². The third-order valence-electron chi connectivity index (χ3n) is 7.65. The molecular weight excluding hydrogens is 424 g/mol. The van der Waals surface area contributed by atoms with E-state index >= 15 is 0 Å². The van der Waals surface area contributed by atoms with E-state index < -0.39 is 5.54 Å². The van der Waals surface area contributed by atoms with E-state index in [-0.39, 0.29) is 23.8 Å². The summed E-state index contributed by atoms with van der Waals surface area (Å²) >= 11 is 1.61. The Bertz CT molecular complexity index is 821. The molecule has 1 N–H and O–H groups in total. The maximum Gasteiger partial charge on any atom is 0.325 e. The van der Waals surface area contributed by atoms with Crippen molar-refractivity contribution in [3.63, 3.8) is 0 Å². The number of amides is 4. The molecule has 3 saturated heterocycles. The lowest BCUT2D eigenvalue weighted by atomic mass is 9.74. The van der Waals surface area contributed by atoms with Crippen LogP contribution < -0.4 is 5.32 Å². The van der Waals surface area contributed by atoms with Gasteiger partial charge in [0.1, 0.15) is 5.54 Å². The zero-order valence-corrected chi connectivity index (χ0v) is 20.2. The molecule has 7 nitrogen and oxygen atoms in total. The molecule has 1 aromatic heterocycles. The fraction of sp³-hybridized carbons (Fsp3) is 0.708. The molecule has 2 atom stereocenters. The molecule has 0 bridgehead atoms. The lowest BCUT2D eigenvalue weighted by Gasteiger charge is -2.41. The molecule has 0 spiro atoms. The van der Waals surface area contributed by atoms with E-state index in [2.05, 4.69) is 24.2 Å². The van der Waals surface area contributed by atoms with Gasteiger partial charge in [0, 0.05) is 30.6 Å². The Balaban J connectivity index is 1.38. The molecule has 3 fully saturated rings. The Morgan fingerprint density at radius 3 is 2.62 bits per heavy atom. The molecule has 0 saturated carbocycles. The molecule has 32 heavy (non-hydrogen) atoms. The number of carbonyl (C=O) groups excluding carboxylic acids is 3. The maximum absolute atomic E-state index is 13.6. The van der Waals surface area contributed by atoms with Crippen molar-refractivity contribution in [2.75, 3.05) is 33.2 Å². The van der Waals surface area contributed by atoms with Crippen molar-refractivity contribution in [1.82, 2.24) is 20.0 Å². The number of urea groups is 1. The normalized spacial score (nSPS) is 27.4. The van der Waals surface area contributed by atoms with Crippen LogP contribution in [0.5, 0.6) is 0 Å². The Morgan fingerprint density at radius 2 is 2.00 bits per heavy atom. The van der Waals surface area contributed by atoms with Gasteiger partial charge in [0.2, 0.25) is 5.91 Å². The van der Waals surface area contributed by atoms with Gasteiger partial charge in [-0.05, 0) is 69.5 Å². The number of nitrogens with one attached hydrogen (secondary N) is 1. The van der Waals surface area contributed by atoms with Crippen LogP contribution in [0.2, 0.25) is 0 Å². The molecule has 1 aromatic rings. The predicted molar refractivity (Wildman–Crippen MR) is 125 cm³/mol. The van der Waals surface area contributed by atoms with Crippen molar-refractivity contribution in [1.29, 1.82) is 0 Å². The van der Waals surface area contributed by atoms with Crippen LogP contribution in [-0.2, 0) is 16.0 Å². The summed E-state index contributed by atoms with van der Waals surface area (Å²) in [5, 5.41) is 5.12. The number of nitrogens with zero attached hydrogens (tertiary/aromatic N) is 3. The topological polar surface area (TPSA) is 73.0 Å². The number of hydrogen-bond donors (Lipinski definition) is 1. The molecule has 4 amide bonds. The summed E-state index contributed by atoms with van der Waals surface area (Å²) in [5.74, 6) is 0.178. The van der Waals surface area contributed by atoms with Crippen LogP contribution in [-0.4, -0.2) is 77.4 Å². The summed E-state index contributed by atoms with van der Waals surface area (Å²) in [6.07, 6.45) is 6.61. The number of thiophene rings is 1. The summed E-state index contributed by atoms with van der Waals surface area (Å²) in [4.78, 5) is 46.0. The fourth-order valence-electron chi connectivity index (χ4n) is 5.81. The molecule has 4 rings (SSSR count). The first kappa shape index (κ1) is 23.2. The molecule has 4 heterocycles. The van der Waals surface area contributed by atoms with Crippen LogP contribution in [0.3, 0.4) is 0 Å². The quantitative estimate of drug-likeness (QED) is 0.605. The summed E-state index contributed by atoms with van der Waals surface area (Å²) in [5.41, 5.74) is -0.809. The molecule has 0 radical (unpaired) electrons. The van der Waals surface area contributed by atoms with Crippen molar-refractivity contribution < 1.29 is 14.4 Å². The summed E-state index contributed by atoms with van der Waals surface area (Å²) in [6.45, 7) is 4.95. The lowest BCUT2D eigenvalue weighted by molar-refractivity contribution is -0.136. The zero-order valence-electron chi connectivity index (χ0n) is 19.3. The summed E-state index contributed by atoms with van der Waals surface area (Å²) in [7, 11) is 2.12. The van der Waals surface area contributed by atoms with Crippen LogP contribution in [0.1, 0.15) is 56.7 Å². The van der Waals surface area contributed by atoms with E-state index in [1.165, 1.54) is 11.3 Å². The second-order valence-electron chi connectivity index (χ2n) is 9.58. The number of likely N-dealkylation sites (tertiary alicyclic amines) is 2. The monoisotopic (exact) mass is 460 g/mol. The van der Waals surface area contributed by atoms with Crippen molar-refractivity contribution in [3.05, 3.63) is 22.4 Å². The second-order valence-corrected chi connectivity index (χ2v) is 10.6. The molecule has 176 valence electrons. The standard InChI is InChI=1S/C24H36N4O3S/c1-3-11-24(18-8-13-27(14-9-18)21(29)17-20-7-5-16-32-20)22(30)28(23(31)25-24)15-10-19-6-4-12-26(19)2/h5,7,16,18-19H,3-4,6,8-15,17H2,1-2H3,(H,25,31)/t19-,24-/m0/s1. The average molecular weight is 461 g/mol. The molecule has 0 aromatic carbocycles. The van der Waals surface area contributed by atoms with Crippen molar-refractivity contribution in [3.8, 4) is 0 Å². The maximum atomic E-state index is 13.6. The van der Waals surface area contributed by atoms with E-state index in [4.69, 9.17) is 0 Å². The molecule has 3 aliphatic heterocycles. The third kappa shape index (κ3) is 4.57. The minimum Gasteiger partial charge on any atom is -0.342 e. The van der Waals surface area contributed by atoms with Crippen molar-refractivity contribution in [2.24, 2.45) is 5.92 Å². The molecule has 3 aliphatic rings. The fourth-order valence-corrected chi connectivity index (χ4v) is 6.51. The second kappa shape index (κ2) is 9.91. The minimum atomic E-state index is -0.809. The van der Waals surface area contributed by atoms with Crippen LogP contribution in [0.4, 0.5) is 4.79 Å². The van der Waals surface area contributed by atoms with E-state index in [1.54, 1.807) is 11.3 Å². The highest BCUT2D eigenvalue weighted by Gasteiger charge is 2.55. The molecule has 0 unspecified atom stereocenters. The predicted octanol–water partition coefficient (Wildman–Crippen LogP) is 3.10. The van der Waals surface area contributed by atoms with E-state index in [9.17, 15) is 14.4 Å². The number of imide groups is 1. The average Bonchev–Trinajstić information content (AvgIpc) is 3.49. The van der Waals surface area contributed by atoms with Gasteiger partial charge in [-0.25, -0.2) is 4.79 Å². The highest BCUT2D eigenvalue weighted by molar-refractivity contribution is 7.10. The summed E-state index contributed by atoms with van der Waals surface area (Å²) < 4.78 is 0. The van der Waals surface area contributed by atoms with E-state index in [0.717, 1.165) is 43.5 Å². The summed E-state index contributed by atoms with van der Waals surface area (Å²) in [6, 6.07) is 4.18. The first-order valence-electron chi connectivity index (χ1n) is 12.1. The van der Waals surface area contributed by atoms with Gasteiger partial charge in [0.25, 0.3) is 5.91 Å². The number of rotatable bonds is 8. The molecule has 0 aliphatic carbocycles. The first-order valence-corrected chi connectivity index (χ1v) is 13.0. The highest BCUT2D eigenvalue weighted by Crippen LogP contribution is 2.37. The third-order valence-corrected chi connectivity index (χ3v) is 8.53. The smallest absolute Gasteiger partial charge is 0.325 e. The van der Waals surface area contributed by atoms with Gasteiger partial charge in [-0.2, -0.15) is 0 Å². The Hall–Kier alpha value is -1.93. The number of carbonyl (C=O) groups is 3. The van der Waals surface area contributed by atoms with Gasteiger partial charge in [0.05, 0.1) is 6.42 Å². The zero-order chi connectivity index (χ0) is 22.7. The largest absolute Gasteiger partial charge is 0.342 e. The van der Waals surface area contributed by atoms with Crippen LogP contribution in [0.25, 0.3) is 0 Å². The minimum absolute atomic E-state index is 0.0478. The van der Waals surface area contributed by atoms with Gasteiger partial charge in [-0.1, -0.05) is 19.4 Å². The first-order chi connectivity index (χ1) is 15.4. The van der Waals surface area contributed by atoms with Gasteiger partial charge in [-0.15, -0.1) is 11.3 Å². The van der Waals surface area contributed by atoms with Crippen LogP contribution in [0.15, 0.2) is 17.5 Å². The molecular formula is C24H36N4O3S. The SMILES string of the molecule is CCC[C@@]1(C2CCN(C(=O)Cc3cccs3)CC2)NC(=O)N(CC[C@@H]2CCCN2C)C1=O. The van der Waals surface area contributed by atoms with Crippen LogP contribution in [0, 0.1) is 5.92 Å². The van der Waals surface area contributed by atoms with Crippen molar-refractivity contribution in [2.45, 2.75) is 69.9 Å². The Kier molecular flexibility index (Phi) is 7.20. The van der Waals surface area contributed by atoms with Crippen LogP contribution >= 0.6 is 11.3 Å². The number of piperidine rings is 1. The van der Waals surface area contributed by atoms with Gasteiger partial charge < -0.3 is 15.1 Å². The van der Waals surface area contributed by atoms with Gasteiger partial charge >= 0.3 is 6.03 Å². The Morgan fingerprint density at radius 1 is 1.22 bits per heavy atom. The van der Waals surface area contributed by atoms with Gasteiger partial charge in [0.15, 0.2) is 0 Å². The van der Waals surface area contributed by atoms with Gasteiger partial charge in [-0.3, -0.25) is 14.5 Å². The highest BCUT2D eigenvalue weighted by atomic mass is 32.1. The molecule has 8 heteroatoms. The lowest BCUT2D eigenvalue weighted by Crippen LogP contribution is -2.56. The Labute approximate surface area is 195 Å². The number of hydrogen-bond acceptors (Lipinski definition) is 5. The van der Waals surface area contributed by atoms with E-state index in [0.29, 0.717) is 38.5 Å².